The first-order chi connectivity index (χ1) is 8.49. The van der Waals surface area contributed by atoms with Crippen LogP contribution in [0.5, 0.6) is 0 Å². The molecule has 100 valence electrons. The van der Waals surface area contributed by atoms with Crippen molar-refractivity contribution in [1.29, 1.82) is 0 Å². The third kappa shape index (κ3) is 3.68. The Morgan fingerprint density at radius 2 is 2.22 bits per heavy atom. The van der Waals surface area contributed by atoms with E-state index >= 15 is 0 Å². The van der Waals surface area contributed by atoms with Crippen LogP contribution >= 0.6 is 15.9 Å². The van der Waals surface area contributed by atoms with E-state index in [1.807, 2.05) is 11.5 Å². The lowest BCUT2D eigenvalue weighted by atomic mass is 10.2. The number of carbonyl (C=O) groups is 1. The van der Waals surface area contributed by atoms with E-state index in [4.69, 9.17) is 4.74 Å². The number of amides is 1. The number of hydrogen-bond donors (Lipinski definition) is 1. The summed E-state index contributed by atoms with van der Waals surface area (Å²) in [7, 11) is 1.53. The maximum absolute atomic E-state index is 11.8. The van der Waals surface area contributed by atoms with Crippen LogP contribution in [0.25, 0.3) is 0 Å². The second-order valence-electron chi connectivity index (χ2n) is 4.03. The monoisotopic (exact) mass is 316 g/mol. The van der Waals surface area contributed by atoms with E-state index in [0.29, 0.717) is 11.1 Å². The highest BCUT2D eigenvalue weighted by Crippen LogP contribution is 2.10. The first-order valence-electron chi connectivity index (χ1n) is 5.69. The number of pyridine rings is 1. The Kier molecular flexibility index (Phi) is 5.55. The molecule has 0 radical (unpaired) electrons. The summed E-state index contributed by atoms with van der Waals surface area (Å²) in [6, 6.07) is 0. The Bertz CT molecular complexity index is 485. The molecular weight excluding hydrogens is 300 g/mol. The Hall–Kier alpha value is -1.14. The molecule has 0 saturated carbocycles. The average molecular weight is 317 g/mol. The van der Waals surface area contributed by atoms with E-state index in [-0.39, 0.29) is 22.9 Å². The van der Waals surface area contributed by atoms with Crippen molar-refractivity contribution < 1.29 is 9.53 Å². The second-order valence-corrected chi connectivity index (χ2v) is 4.88. The third-order valence-corrected chi connectivity index (χ3v) is 3.09. The zero-order valence-corrected chi connectivity index (χ0v) is 12.3. The largest absolute Gasteiger partial charge is 0.384 e. The number of rotatable bonds is 5. The van der Waals surface area contributed by atoms with Gasteiger partial charge in [-0.15, -0.1) is 0 Å². The van der Waals surface area contributed by atoms with Gasteiger partial charge in [0.2, 0.25) is 11.3 Å². The normalized spacial score (nSPS) is 12.2. The topological polar surface area (TPSA) is 60.3 Å². The van der Waals surface area contributed by atoms with Crippen LogP contribution in [0.4, 0.5) is 5.69 Å². The van der Waals surface area contributed by atoms with Crippen LogP contribution in [0.3, 0.4) is 0 Å². The van der Waals surface area contributed by atoms with Crippen molar-refractivity contribution in [3.05, 3.63) is 27.1 Å². The molecule has 1 N–H and O–H groups in total. The van der Waals surface area contributed by atoms with Crippen LogP contribution in [0.1, 0.15) is 13.8 Å². The van der Waals surface area contributed by atoms with E-state index in [1.165, 1.54) is 7.11 Å². The highest BCUT2D eigenvalue weighted by molar-refractivity contribution is 9.10. The van der Waals surface area contributed by atoms with Crippen molar-refractivity contribution in [1.82, 2.24) is 4.57 Å². The fourth-order valence-corrected chi connectivity index (χ4v) is 1.92. The first-order valence-corrected chi connectivity index (χ1v) is 6.48. The van der Waals surface area contributed by atoms with Crippen molar-refractivity contribution in [3.63, 3.8) is 0 Å². The number of aryl methyl sites for hydroxylation is 1. The van der Waals surface area contributed by atoms with E-state index in [2.05, 4.69) is 21.2 Å². The van der Waals surface area contributed by atoms with Gasteiger partial charge in [0.1, 0.15) is 5.69 Å². The molecule has 18 heavy (non-hydrogen) atoms. The molecule has 1 heterocycles. The van der Waals surface area contributed by atoms with E-state index < -0.39 is 0 Å². The molecule has 0 unspecified atom stereocenters. The standard InChI is InChI=1S/C12H17BrN2O3/c1-4-15-5-9(13)11(16)10(6-15)14-12(17)8(2)7-18-3/h5-6,8H,4,7H2,1-3H3,(H,14,17)/t8-/m0/s1. The predicted octanol–water partition coefficient (Wildman–Crippen LogP) is 1.85. The number of anilines is 1. The molecule has 0 saturated heterocycles. The fourth-order valence-electron chi connectivity index (χ4n) is 1.45. The molecule has 1 atom stereocenters. The van der Waals surface area contributed by atoms with E-state index in [0.717, 1.165) is 6.54 Å². The fraction of sp³-hybridized carbons (Fsp3) is 0.500. The number of methoxy groups -OCH3 is 1. The summed E-state index contributed by atoms with van der Waals surface area (Å²) in [6.45, 7) is 4.74. The van der Waals surface area contributed by atoms with Crippen molar-refractivity contribution in [2.45, 2.75) is 20.4 Å². The van der Waals surface area contributed by atoms with Crippen LogP contribution < -0.4 is 10.7 Å². The van der Waals surface area contributed by atoms with Crippen molar-refractivity contribution >= 4 is 27.5 Å². The lowest BCUT2D eigenvalue weighted by Gasteiger charge is -2.12. The molecule has 0 aromatic carbocycles. The maximum atomic E-state index is 11.8. The minimum absolute atomic E-state index is 0.224. The van der Waals surface area contributed by atoms with Gasteiger partial charge in [-0.1, -0.05) is 6.92 Å². The third-order valence-electron chi connectivity index (χ3n) is 2.52. The summed E-state index contributed by atoms with van der Waals surface area (Å²) in [5.74, 6) is -0.529. The summed E-state index contributed by atoms with van der Waals surface area (Å²) >= 11 is 3.19. The Balaban J connectivity index is 2.93. The van der Waals surface area contributed by atoms with Gasteiger partial charge in [0.15, 0.2) is 0 Å². The molecular formula is C12H17BrN2O3. The predicted molar refractivity (Wildman–Crippen MR) is 73.7 cm³/mol. The summed E-state index contributed by atoms with van der Waals surface area (Å²) in [5.41, 5.74) is 0.0526. The molecule has 1 aromatic heterocycles. The molecule has 0 fully saturated rings. The van der Waals surface area contributed by atoms with Gasteiger partial charge in [-0.25, -0.2) is 0 Å². The highest BCUT2D eigenvalue weighted by Gasteiger charge is 2.15. The SMILES string of the molecule is CCn1cc(Br)c(=O)c(NC(=O)[C@@H](C)COC)c1. The molecule has 0 spiro atoms. The van der Waals surface area contributed by atoms with Gasteiger partial charge in [-0.2, -0.15) is 0 Å². The summed E-state index contributed by atoms with van der Waals surface area (Å²) in [5, 5.41) is 2.63. The molecule has 0 bridgehead atoms. The molecule has 1 rings (SSSR count). The average Bonchev–Trinajstić information content (AvgIpc) is 2.34. The Morgan fingerprint density at radius 1 is 1.56 bits per heavy atom. The quantitative estimate of drug-likeness (QED) is 0.901. The molecule has 5 nitrogen and oxygen atoms in total. The lowest BCUT2D eigenvalue weighted by Crippen LogP contribution is -2.27. The van der Waals surface area contributed by atoms with Crippen LogP contribution in [0, 0.1) is 5.92 Å². The zero-order valence-electron chi connectivity index (χ0n) is 10.7. The highest BCUT2D eigenvalue weighted by atomic mass is 79.9. The number of hydrogen-bond acceptors (Lipinski definition) is 3. The smallest absolute Gasteiger partial charge is 0.229 e. The van der Waals surface area contributed by atoms with Gasteiger partial charge in [0.25, 0.3) is 0 Å². The van der Waals surface area contributed by atoms with Crippen LogP contribution in [-0.2, 0) is 16.1 Å². The van der Waals surface area contributed by atoms with E-state index in [1.54, 1.807) is 19.3 Å². The van der Waals surface area contributed by atoms with Crippen molar-refractivity contribution in [3.8, 4) is 0 Å². The van der Waals surface area contributed by atoms with Crippen molar-refractivity contribution in [2.24, 2.45) is 5.92 Å². The maximum Gasteiger partial charge on any atom is 0.229 e. The summed E-state index contributed by atoms with van der Waals surface area (Å²) in [6.07, 6.45) is 3.32. The van der Waals surface area contributed by atoms with Gasteiger partial charge in [-0.05, 0) is 22.9 Å². The van der Waals surface area contributed by atoms with Gasteiger partial charge < -0.3 is 14.6 Å². The van der Waals surface area contributed by atoms with Crippen LogP contribution in [-0.4, -0.2) is 24.2 Å². The number of halogens is 1. The molecule has 0 aliphatic carbocycles. The first kappa shape index (κ1) is 14.9. The molecule has 6 heteroatoms. The minimum atomic E-state index is -0.302. The number of carbonyl (C=O) groups excluding carboxylic acids is 1. The van der Waals surface area contributed by atoms with Crippen LogP contribution in [0.2, 0.25) is 0 Å². The lowest BCUT2D eigenvalue weighted by molar-refractivity contribution is -0.120. The van der Waals surface area contributed by atoms with Crippen molar-refractivity contribution in [2.75, 3.05) is 19.0 Å². The number of aromatic nitrogens is 1. The van der Waals surface area contributed by atoms with Gasteiger partial charge in [0, 0.05) is 26.0 Å². The molecule has 0 aliphatic heterocycles. The summed E-state index contributed by atoms with van der Waals surface area (Å²) in [4.78, 5) is 23.7. The zero-order chi connectivity index (χ0) is 13.7. The molecule has 1 aromatic rings. The Labute approximate surface area is 114 Å². The number of nitrogens with zero attached hydrogens (tertiary/aromatic N) is 1. The van der Waals surface area contributed by atoms with Gasteiger partial charge >= 0.3 is 0 Å². The second kappa shape index (κ2) is 6.70. The van der Waals surface area contributed by atoms with E-state index in [9.17, 15) is 9.59 Å². The minimum Gasteiger partial charge on any atom is -0.384 e. The summed E-state index contributed by atoms with van der Waals surface area (Å²) < 4.78 is 7.16. The molecule has 0 aliphatic rings. The number of nitrogens with one attached hydrogen (secondary N) is 1. The Morgan fingerprint density at radius 3 is 2.78 bits per heavy atom. The number of ether oxygens (including phenoxy) is 1. The van der Waals surface area contributed by atoms with Crippen LogP contribution in [0.15, 0.2) is 21.7 Å². The van der Waals surface area contributed by atoms with Gasteiger partial charge in [0.05, 0.1) is 17.0 Å². The van der Waals surface area contributed by atoms with Gasteiger partial charge in [-0.3, -0.25) is 9.59 Å². The molecule has 1 amide bonds.